The van der Waals surface area contributed by atoms with Crippen molar-refractivity contribution in [2.75, 3.05) is 11.9 Å². The summed E-state index contributed by atoms with van der Waals surface area (Å²) in [5.41, 5.74) is 2.23. The summed E-state index contributed by atoms with van der Waals surface area (Å²) >= 11 is 10.6. The number of esters is 1. The Labute approximate surface area is 224 Å². The van der Waals surface area contributed by atoms with E-state index < -0.39 is 11.9 Å². The number of benzene rings is 2. The van der Waals surface area contributed by atoms with Gasteiger partial charge in [0.05, 0.1) is 6.61 Å². The van der Waals surface area contributed by atoms with E-state index in [0.717, 1.165) is 15.6 Å². The van der Waals surface area contributed by atoms with Crippen LogP contribution in [-0.2, 0) is 9.53 Å². The van der Waals surface area contributed by atoms with Gasteiger partial charge in [-0.05, 0) is 48.9 Å². The van der Waals surface area contributed by atoms with Crippen LogP contribution in [0.25, 0.3) is 28.5 Å². The van der Waals surface area contributed by atoms with Crippen LogP contribution in [0.15, 0.2) is 80.5 Å². The topological polar surface area (TPSA) is 92.3 Å². The van der Waals surface area contributed by atoms with Crippen LogP contribution in [-0.4, -0.2) is 18.5 Å². The zero-order chi connectivity index (χ0) is 25.7. The lowest BCUT2D eigenvalue weighted by molar-refractivity contribution is -0.112. The Morgan fingerprint density at radius 1 is 1.17 bits per heavy atom. The summed E-state index contributed by atoms with van der Waals surface area (Å²) in [6, 6.07) is 19.9. The number of nitriles is 1. The molecule has 0 radical (unpaired) electrons. The van der Waals surface area contributed by atoms with Crippen LogP contribution in [0.3, 0.4) is 0 Å². The lowest BCUT2D eigenvalue weighted by Crippen LogP contribution is -2.16. The van der Waals surface area contributed by atoms with E-state index in [0.29, 0.717) is 22.1 Å². The van der Waals surface area contributed by atoms with Crippen LogP contribution in [0.4, 0.5) is 5.00 Å². The standard InChI is InChI=1S/C27H18BrClN2O4S/c1-2-34-27(33)24-22(16-6-8-19(28)9-7-16)15-36-26(24)31-25(32)18(14-30)13-21-10-11-23(35-21)17-4-3-5-20(29)12-17/h3-13,15H,2H2,1H3,(H,31,32). The third-order valence-corrected chi connectivity index (χ3v) is 6.70. The number of amides is 1. The zero-order valence-electron chi connectivity index (χ0n) is 18.9. The molecule has 2 aromatic heterocycles. The molecule has 2 aromatic carbocycles. The van der Waals surface area contributed by atoms with Gasteiger partial charge in [0.25, 0.3) is 5.91 Å². The van der Waals surface area contributed by atoms with Gasteiger partial charge in [0, 0.05) is 32.1 Å². The van der Waals surface area contributed by atoms with Crippen LogP contribution < -0.4 is 5.32 Å². The second-order valence-electron chi connectivity index (χ2n) is 7.42. The first-order valence-electron chi connectivity index (χ1n) is 10.7. The summed E-state index contributed by atoms with van der Waals surface area (Å²) in [6.45, 7) is 1.89. The van der Waals surface area contributed by atoms with Gasteiger partial charge in [-0.3, -0.25) is 4.79 Å². The number of nitrogens with zero attached hydrogens (tertiary/aromatic N) is 1. The normalized spacial score (nSPS) is 11.1. The van der Waals surface area contributed by atoms with E-state index in [2.05, 4.69) is 21.2 Å². The van der Waals surface area contributed by atoms with E-state index in [4.69, 9.17) is 20.8 Å². The van der Waals surface area contributed by atoms with Gasteiger partial charge >= 0.3 is 5.97 Å². The van der Waals surface area contributed by atoms with Crippen molar-refractivity contribution in [2.45, 2.75) is 6.92 Å². The van der Waals surface area contributed by atoms with Crippen molar-refractivity contribution in [3.63, 3.8) is 0 Å². The molecule has 0 spiro atoms. The van der Waals surface area contributed by atoms with Crippen molar-refractivity contribution < 1.29 is 18.7 Å². The minimum Gasteiger partial charge on any atom is -0.462 e. The predicted octanol–water partition coefficient (Wildman–Crippen LogP) is 7.81. The fraction of sp³-hybridized carbons (Fsp3) is 0.0741. The van der Waals surface area contributed by atoms with Gasteiger partial charge in [-0.1, -0.05) is 51.8 Å². The predicted molar refractivity (Wildman–Crippen MR) is 145 cm³/mol. The number of rotatable bonds is 7. The highest BCUT2D eigenvalue weighted by Crippen LogP contribution is 2.37. The van der Waals surface area contributed by atoms with Crippen LogP contribution in [0.1, 0.15) is 23.0 Å². The second kappa shape index (κ2) is 11.4. The monoisotopic (exact) mass is 580 g/mol. The van der Waals surface area contributed by atoms with Gasteiger partial charge in [0.15, 0.2) is 0 Å². The number of anilines is 1. The van der Waals surface area contributed by atoms with Gasteiger partial charge < -0.3 is 14.5 Å². The number of hydrogen-bond donors (Lipinski definition) is 1. The quantitative estimate of drug-likeness (QED) is 0.136. The molecule has 4 aromatic rings. The molecule has 0 aliphatic heterocycles. The number of ether oxygens (including phenoxy) is 1. The lowest BCUT2D eigenvalue weighted by Gasteiger charge is -2.08. The molecule has 0 saturated heterocycles. The van der Waals surface area contributed by atoms with Gasteiger partial charge in [-0.2, -0.15) is 5.26 Å². The fourth-order valence-electron chi connectivity index (χ4n) is 3.39. The summed E-state index contributed by atoms with van der Waals surface area (Å²) in [6.07, 6.45) is 1.34. The highest BCUT2D eigenvalue weighted by atomic mass is 79.9. The summed E-state index contributed by atoms with van der Waals surface area (Å²) in [5, 5.41) is 14.9. The summed E-state index contributed by atoms with van der Waals surface area (Å²) < 4.78 is 11.9. The van der Waals surface area contributed by atoms with E-state index >= 15 is 0 Å². The molecule has 0 fully saturated rings. The van der Waals surface area contributed by atoms with Crippen molar-refractivity contribution in [2.24, 2.45) is 0 Å². The van der Waals surface area contributed by atoms with Gasteiger partial charge in [0.2, 0.25) is 0 Å². The molecule has 0 unspecified atom stereocenters. The first-order valence-corrected chi connectivity index (χ1v) is 12.8. The Balaban J connectivity index is 1.62. The number of halogens is 2. The Morgan fingerprint density at radius 2 is 1.94 bits per heavy atom. The molecule has 0 bridgehead atoms. The van der Waals surface area contributed by atoms with Crippen molar-refractivity contribution >= 4 is 61.8 Å². The zero-order valence-corrected chi connectivity index (χ0v) is 22.0. The number of furan rings is 1. The molecular formula is C27H18BrClN2O4S. The molecule has 2 heterocycles. The van der Waals surface area contributed by atoms with Gasteiger partial charge in [-0.15, -0.1) is 11.3 Å². The number of nitrogens with one attached hydrogen (secondary N) is 1. The minimum atomic E-state index is -0.673. The summed E-state index contributed by atoms with van der Waals surface area (Å²) in [4.78, 5) is 25.8. The van der Waals surface area contributed by atoms with E-state index in [-0.39, 0.29) is 22.7 Å². The van der Waals surface area contributed by atoms with Crippen LogP contribution in [0.2, 0.25) is 5.02 Å². The van der Waals surface area contributed by atoms with Crippen molar-refractivity contribution in [3.8, 4) is 28.5 Å². The molecule has 0 aliphatic rings. The SMILES string of the molecule is CCOC(=O)c1c(-c2ccc(Br)cc2)csc1NC(=O)C(C#N)=Cc1ccc(-c2cccc(Cl)c2)o1. The van der Waals surface area contributed by atoms with Crippen molar-refractivity contribution in [1.82, 2.24) is 0 Å². The Kier molecular flexibility index (Phi) is 8.06. The van der Waals surface area contributed by atoms with Crippen LogP contribution >= 0.6 is 38.9 Å². The lowest BCUT2D eigenvalue weighted by atomic mass is 10.0. The Morgan fingerprint density at radius 3 is 2.64 bits per heavy atom. The molecule has 1 N–H and O–H groups in total. The maximum absolute atomic E-state index is 13.0. The Hall–Kier alpha value is -3.64. The van der Waals surface area contributed by atoms with Crippen molar-refractivity contribution in [3.05, 3.63) is 92.4 Å². The molecule has 6 nitrogen and oxygen atoms in total. The molecule has 0 saturated carbocycles. The average molecular weight is 582 g/mol. The maximum atomic E-state index is 13.0. The Bertz CT molecular complexity index is 1500. The van der Waals surface area contributed by atoms with Gasteiger partial charge in [0.1, 0.15) is 33.7 Å². The van der Waals surface area contributed by atoms with E-state index in [1.807, 2.05) is 36.4 Å². The van der Waals surface area contributed by atoms with E-state index in [1.54, 1.807) is 42.6 Å². The third kappa shape index (κ3) is 5.77. The van der Waals surface area contributed by atoms with E-state index in [9.17, 15) is 14.9 Å². The third-order valence-electron chi connectivity index (χ3n) is 5.04. The fourth-order valence-corrected chi connectivity index (χ4v) is 4.79. The largest absolute Gasteiger partial charge is 0.462 e. The molecule has 0 aliphatic carbocycles. The number of thiophene rings is 1. The molecular weight excluding hydrogens is 564 g/mol. The first-order chi connectivity index (χ1) is 17.4. The van der Waals surface area contributed by atoms with Gasteiger partial charge in [-0.25, -0.2) is 4.79 Å². The molecule has 0 atom stereocenters. The minimum absolute atomic E-state index is 0.179. The number of carbonyl (C=O) groups excluding carboxylic acids is 2. The number of carbonyl (C=O) groups is 2. The number of hydrogen-bond acceptors (Lipinski definition) is 6. The molecule has 9 heteroatoms. The smallest absolute Gasteiger partial charge is 0.341 e. The highest BCUT2D eigenvalue weighted by molar-refractivity contribution is 9.10. The van der Waals surface area contributed by atoms with Crippen LogP contribution in [0.5, 0.6) is 0 Å². The average Bonchev–Trinajstić information content (AvgIpc) is 3.50. The first kappa shape index (κ1) is 25.5. The molecule has 4 rings (SSSR count). The summed E-state index contributed by atoms with van der Waals surface area (Å²) in [7, 11) is 0. The van der Waals surface area contributed by atoms with Crippen molar-refractivity contribution in [1.29, 1.82) is 5.26 Å². The molecule has 1 amide bonds. The second-order valence-corrected chi connectivity index (χ2v) is 9.65. The maximum Gasteiger partial charge on any atom is 0.341 e. The highest BCUT2D eigenvalue weighted by Gasteiger charge is 2.24. The summed E-state index contributed by atoms with van der Waals surface area (Å²) in [5.74, 6) is -0.368. The molecule has 180 valence electrons. The molecule has 36 heavy (non-hydrogen) atoms. The van der Waals surface area contributed by atoms with Crippen LogP contribution in [0, 0.1) is 11.3 Å². The van der Waals surface area contributed by atoms with E-state index in [1.165, 1.54) is 17.4 Å².